The van der Waals surface area contributed by atoms with Crippen molar-refractivity contribution >= 4 is 39.7 Å². The summed E-state index contributed by atoms with van der Waals surface area (Å²) in [7, 11) is -2.46. The maximum Gasteiger partial charge on any atom is 0.246 e. The first-order valence-electron chi connectivity index (χ1n) is 7.35. The molecule has 1 heterocycles. The van der Waals surface area contributed by atoms with E-state index < -0.39 is 22.0 Å². The molecule has 0 fully saturated rings. The normalized spacial score (nSPS) is 12.2. The third-order valence-electron chi connectivity index (χ3n) is 3.46. The summed E-state index contributed by atoms with van der Waals surface area (Å²) >= 11 is 0. The number of aromatic nitrogens is 1. The van der Waals surface area contributed by atoms with E-state index in [1.165, 1.54) is 33.9 Å². The van der Waals surface area contributed by atoms with E-state index in [2.05, 4.69) is 15.2 Å². The van der Waals surface area contributed by atoms with Crippen LogP contribution < -0.4 is 20.5 Å². The van der Waals surface area contributed by atoms with Crippen molar-refractivity contribution in [2.45, 2.75) is 31.7 Å². The molecule has 0 bridgehead atoms. The molecule has 1 unspecified atom stereocenters. The van der Waals surface area contributed by atoms with Gasteiger partial charge in [0.25, 0.3) is 0 Å². The van der Waals surface area contributed by atoms with Gasteiger partial charge in [-0.15, -0.1) is 12.4 Å². The second-order valence-electron chi connectivity index (χ2n) is 5.44. The largest absolute Gasteiger partial charge is 0.495 e. The lowest BCUT2D eigenvalue weighted by Crippen LogP contribution is -2.41. The number of hydrogen-bond acceptors (Lipinski definition) is 7. The third kappa shape index (κ3) is 4.65. The summed E-state index contributed by atoms with van der Waals surface area (Å²) < 4.78 is 37.0. The van der Waals surface area contributed by atoms with Crippen molar-refractivity contribution in [3.63, 3.8) is 0 Å². The summed E-state index contributed by atoms with van der Waals surface area (Å²) in [6.45, 7) is 4.42. The van der Waals surface area contributed by atoms with E-state index in [1.807, 2.05) is 0 Å². The second kappa shape index (κ2) is 8.39. The van der Waals surface area contributed by atoms with Crippen LogP contribution in [0.4, 0.5) is 11.4 Å². The number of halogens is 1. The predicted molar refractivity (Wildman–Crippen MR) is 99.0 cm³/mol. The van der Waals surface area contributed by atoms with Gasteiger partial charge in [-0.2, -0.15) is 4.72 Å². The summed E-state index contributed by atoms with van der Waals surface area (Å²) in [5, 5.41) is 6.20. The number of nitrogens with zero attached hydrogens (tertiary/aromatic N) is 1. The van der Waals surface area contributed by atoms with Gasteiger partial charge in [-0.3, -0.25) is 4.79 Å². The maximum absolute atomic E-state index is 12.4. The summed E-state index contributed by atoms with van der Waals surface area (Å²) in [5.74, 6) is 0.0885. The minimum Gasteiger partial charge on any atom is -0.495 e. The van der Waals surface area contributed by atoms with Crippen LogP contribution >= 0.6 is 12.4 Å². The van der Waals surface area contributed by atoms with Crippen molar-refractivity contribution in [2.24, 2.45) is 0 Å². The van der Waals surface area contributed by atoms with Crippen LogP contribution in [0.5, 0.6) is 5.75 Å². The number of carbonyl (C=O) groups is 1. The number of sulfonamides is 1. The molecule has 2 rings (SSSR count). The van der Waals surface area contributed by atoms with Crippen molar-refractivity contribution in [2.75, 3.05) is 18.2 Å². The van der Waals surface area contributed by atoms with E-state index in [0.29, 0.717) is 17.1 Å². The van der Waals surface area contributed by atoms with Crippen LogP contribution in [-0.2, 0) is 14.8 Å². The first kappa shape index (κ1) is 21.7. The number of rotatable bonds is 6. The highest BCUT2D eigenvalue weighted by Gasteiger charge is 2.28. The minimum absolute atomic E-state index is 0. The molecule has 0 spiro atoms. The van der Waals surface area contributed by atoms with Gasteiger partial charge in [0.15, 0.2) is 5.76 Å². The molecule has 26 heavy (non-hydrogen) atoms. The minimum atomic E-state index is -3.95. The molecule has 1 amide bonds. The number of nitrogens with two attached hydrogens (primary N) is 1. The third-order valence-corrected chi connectivity index (χ3v) is 5.24. The van der Waals surface area contributed by atoms with E-state index in [9.17, 15) is 13.2 Å². The molecule has 9 nitrogen and oxygen atoms in total. The molecule has 4 N–H and O–H groups in total. The monoisotopic (exact) mass is 404 g/mol. The Morgan fingerprint density at radius 3 is 2.50 bits per heavy atom. The fraction of sp³-hybridized carbons (Fsp3) is 0.333. The van der Waals surface area contributed by atoms with Crippen molar-refractivity contribution in [3.8, 4) is 5.75 Å². The zero-order valence-corrected chi connectivity index (χ0v) is 16.3. The predicted octanol–water partition coefficient (Wildman–Crippen LogP) is 1.61. The average Bonchev–Trinajstić information content (AvgIpc) is 2.86. The molecule has 0 saturated carbocycles. The van der Waals surface area contributed by atoms with Gasteiger partial charge in [-0.1, -0.05) is 5.16 Å². The van der Waals surface area contributed by atoms with Crippen LogP contribution in [0.2, 0.25) is 0 Å². The summed E-state index contributed by atoms with van der Waals surface area (Å²) in [6, 6.07) is 3.69. The zero-order chi connectivity index (χ0) is 18.8. The fourth-order valence-electron chi connectivity index (χ4n) is 2.27. The quantitative estimate of drug-likeness (QED) is 0.622. The number of ether oxygens (including phenoxy) is 1. The molecule has 0 aliphatic rings. The van der Waals surface area contributed by atoms with Gasteiger partial charge >= 0.3 is 0 Å². The molecular weight excluding hydrogens is 384 g/mol. The number of nitrogens with one attached hydrogen (secondary N) is 2. The Hall–Kier alpha value is -2.30. The Balaban J connectivity index is 0.00000338. The molecule has 144 valence electrons. The Labute approximate surface area is 157 Å². The van der Waals surface area contributed by atoms with E-state index in [0.717, 1.165) is 0 Å². The summed E-state index contributed by atoms with van der Waals surface area (Å²) in [4.78, 5) is 12.2. The van der Waals surface area contributed by atoms with Crippen molar-refractivity contribution in [1.29, 1.82) is 0 Å². The van der Waals surface area contributed by atoms with Gasteiger partial charge in [-0.05, 0) is 39.0 Å². The fourth-order valence-corrected chi connectivity index (χ4v) is 3.80. The molecular formula is C15H21ClN4O5S. The molecule has 0 aliphatic heterocycles. The number of hydrogen-bond donors (Lipinski definition) is 3. The Morgan fingerprint density at radius 1 is 1.35 bits per heavy atom. The number of benzene rings is 1. The van der Waals surface area contributed by atoms with Gasteiger partial charge in [0, 0.05) is 5.69 Å². The molecule has 11 heteroatoms. The van der Waals surface area contributed by atoms with Crippen LogP contribution in [0.15, 0.2) is 27.6 Å². The number of carbonyl (C=O) groups excluding carboxylic acids is 1. The van der Waals surface area contributed by atoms with Gasteiger partial charge in [0.05, 0.1) is 18.8 Å². The second-order valence-corrected chi connectivity index (χ2v) is 7.09. The zero-order valence-electron chi connectivity index (χ0n) is 14.7. The van der Waals surface area contributed by atoms with Crippen LogP contribution in [0.3, 0.4) is 0 Å². The van der Waals surface area contributed by atoms with Crippen molar-refractivity contribution in [3.05, 3.63) is 29.7 Å². The van der Waals surface area contributed by atoms with Gasteiger partial charge in [-0.25, -0.2) is 8.42 Å². The van der Waals surface area contributed by atoms with Crippen LogP contribution in [0.25, 0.3) is 0 Å². The maximum atomic E-state index is 12.4. The molecule has 2 aromatic rings. The summed E-state index contributed by atoms with van der Waals surface area (Å²) in [6.07, 6.45) is 0. The highest BCUT2D eigenvalue weighted by molar-refractivity contribution is 7.89. The molecule has 1 aromatic heterocycles. The molecule has 0 radical (unpaired) electrons. The Kier molecular flexibility index (Phi) is 7.01. The number of amides is 1. The molecule has 0 saturated heterocycles. The van der Waals surface area contributed by atoms with E-state index in [4.69, 9.17) is 15.0 Å². The number of nitrogen functional groups attached to an aromatic ring is 1. The average molecular weight is 405 g/mol. The Morgan fingerprint density at radius 2 is 2.00 bits per heavy atom. The van der Waals surface area contributed by atoms with Crippen molar-refractivity contribution in [1.82, 2.24) is 9.88 Å². The number of aryl methyl sites for hydroxylation is 2. The number of methoxy groups -OCH3 is 1. The van der Waals surface area contributed by atoms with Gasteiger partial charge in [0.2, 0.25) is 15.9 Å². The first-order chi connectivity index (χ1) is 11.7. The number of anilines is 2. The van der Waals surface area contributed by atoms with Gasteiger partial charge < -0.3 is 20.3 Å². The highest BCUT2D eigenvalue weighted by Crippen LogP contribution is 2.24. The smallest absolute Gasteiger partial charge is 0.246 e. The van der Waals surface area contributed by atoms with Crippen LogP contribution in [0.1, 0.15) is 18.4 Å². The van der Waals surface area contributed by atoms with Gasteiger partial charge in [0.1, 0.15) is 16.3 Å². The standard InChI is InChI=1S/C15H20N4O5S.ClH/c1-8-14(10(3)24-18-8)25(21,22)19-9(2)15(20)17-11-5-6-13(23-4)12(16)7-11;/h5-7,9,19H,16H2,1-4H3,(H,17,20);1H. The van der Waals surface area contributed by atoms with Crippen LogP contribution in [-0.4, -0.2) is 32.6 Å². The molecule has 1 aromatic carbocycles. The molecule has 0 aliphatic carbocycles. The lowest BCUT2D eigenvalue weighted by molar-refractivity contribution is -0.117. The van der Waals surface area contributed by atoms with Crippen LogP contribution in [0, 0.1) is 13.8 Å². The Bertz CT molecular complexity index is 878. The highest BCUT2D eigenvalue weighted by atomic mass is 35.5. The lowest BCUT2D eigenvalue weighted by atomic mass is 10.2. The first-order valence-corrected chi connectivity index (χ1v) is 8.83. The lowest BCUT2D eigenvalue weighted by Gasteiger charge is -2.15. The SMILES string of the molecule is COc1ccc(NC(=O)C(C)NS(=O)(=O)c2c(C)noc2C)cc1N.Cl. The molecule has 1 atom stereocenters. The van der Waals surface area contributed by atoms with Crippen molar-refractivity contribution < 1.29 is 22.5 Å². The topological polar surface area (TPSA) is 137 Å². The summed E-state index contributed by atoms with van der Waals surface area (Å²) in [5.41, 5.74) is 6.77. The van der Waals surface area contributed by atoms with E-state index in [1.54, 1.807) is 12.1 Å². The van der Waals surface area contributed by atoms with E-state index in [-0.39, 0.29) is 28.8 Å². The van der Waals surface area contributed by atoms with E-state index >= 15 is 0 Å².